The normalized spacial score (nSPS) is 17.9. The number of amides is 2. The van der Waals surface area contributed by atoms with E-state index in [9.17, 15) is 9.59 Å². The Kier molecular flexibility index (Phi) is 2.90. The average molecular weight is 172 g/mol. The first-order chi connectivity index (χ1) is 5.72. The molecule has 0 atom stereocenters. The van der Waals surface area contributed by atoms with Crippen LogP contribution >= 0.6 is 0 Å². The molecule has 1 heterocycles. The van der Waals surface area contributed by atoms with Gasteiger partial charge in [-0.2, -0.15) is 0 Å². The largest absolute Gasteiger partial charge is 0.469 e. The van der Waals surface area contributed by atoms with Crippen molar-refractivity contribution >= 4 is 12.0 Å². The second kappa shape index (κ2) is 3.94. The number of methoxy groups -OCH3 is 1. The van der Waals surface area contributed by atoms with E-state index in [1.165, 1.54) is 7.11 Å². The molecule has 1 aliphatic heterocycles. The molecule has 0 aromatic heterocycles. The van der Waals surface area contributed by atoms with Gasteiger partial charge in [-0.15, -0.1) is 0 Å². The molecule has 68 valence electrons. The van der Waals surface area contributed by atoms with E-state index in [1.54, 1.807) is 0 Å². The van der Waals surface area contributed by atoms with E-state index in [0.717, 1.165) is 0 Å². The number of esters is 1. The van der Waals surface area contributed by atoms with Crippen LogP contribution in [0.15, 0.2) is 0 Å². The van der Waals surface area contributed by atoms with Gasteiger partial charge in [-0.05, 0) is 0 Å². The molecular weight excluding hydrogens is 160 g/mol. The van der Waals surface area contributed by atoms with Crippen molar-refractivity contribution in [3.8, 4) is 0 Å². The molecular formula is C7H12N2O3. The minimum absolute atomic E-state index is 0.148. The summed E-state index contributed by atoms with van der Waals surface area (Å²) in [5.74, 6) is -0.0897. The first-order valence-electron chi connectivity index (χ1n) is 3.81. The second-order valence-corrected chi connectivity index (χ2v) is 2.74. The van der Waals surface area contributed by atoms with Crippen LogP contribution in [-0.4, -0.2) is 32.2 Å². The SMILES string of the molecule is COC(=O)CC1CNC(=O)NC1. The Morgan fingerprint density at radius 3 is 2.67 bits per heavy atom. The molecule has 0 unspecified atom stereocenters. The van der Waals surface area contributed by atoms with Crippen molar-refractivity contribution in [1.29, 1.82) is 0 Å². The Morgan fingerprint density at radius 2 is 2.17 bits per heavy atom. The van der Waals surface area contributed by atoms with Crippen LogP contribution in [-0.2, 0) is 9.53 Å². The zero-order valence-corrected chi connectivity index (χ0v) is 6.92. The summed E-state index contributed by atoms with van der Waals surface area (Å²) in [4.78, 5) is 21.4. The smallest absolute Gasteiger partial charge is 0.314 e. The predicted octanol–water partition coefficient (Wildman–Crippen LogP) is -0.521. The standard InChI is InChI=1S/C7H12N2O3/c1-12-6(10)2-5-3-8-7(11)9-4-5/h5H,2-4H2,1H3,(H2,8,9,11). The highest BCUT2D eigenvalue weighted by atomic mass is 16.5. The molecule has 0 radical (unpaired) electrons. The molecule has 1 aliphatic rings. The third-order valence-corrected chi connectivity index (χ3v) is 1.79. The number of hydrogen-bond acceptors (Lipinski definition) is 3. The Labute approximate surface area is 70.5 Å². The van der Waals surface area contributed by atoms with E-state index in [-0.39, 0.29) is 17.9 Å². The van der Waals surface area contributed by atoms with E-state index in [0.29, 0.717) is 19.5 Å². The molecule has 12 heavy (non-hydrogen) atoms. The average Bonchev–Trinajstić information content (AvgIpc) is 2.09. The number of carbonyl (C=O) groups excluding carboxylic acids is 2. The summed E-state index contributed by atoms with van der Waals surface area (Å²) in [5, 5.41) is 5.21. The van der Waals surface area contributed by atoms with Crippen LogP contribution in [0.4, 0.5) is 4.79 Å². The molecule has 2 N–H and O–H groups in total. The summed E-state index contributed by atoms with van der Waals surface area (Å²) >= 11 is 0. The summed E-state index contributed by atoms with van der Waals surface area (Å²) in [7, 11) is 1.36. The fraction of sp³-hybridized carbons (Fsp3) is 0.714. The minimum Gasteiger partial charge on any atom is -0.469 e. The van der Waals surface area contributed by atoms with Crippen LogP contribution in [0.25, 0.3) is 0 Å². The fourth-order valence-electron chi connectivity index (χ4n) is 1.07. The van der Waals surface area contributed by atoms with Crippen LogP contribution in [0.1, 0.15) is 6.42 Å². The molecule has 1 rings (SSSR count). The van der Waals surface area contributed by atoms with Crippen molar-refractivity contribution in [3.05, 3.63) is 0 Å². The van der Waals surface area contributed by atoms with Gasteiger partial charge in [0.1, 0.15) is 0 Å². The molecule has 0 spiro atoms. The van der Waals surface area contributed by atoms with Gasteiger partial charge in [0.15, 0.2) is 0 Å². The molecule has 0 aromatic rings. The van der Waals surface area contributed by atoms with E-state index >= 15 is 0 Å². The summed E-state index contributed by atoms with van der Waals surface area (Å²) in [5.41, 5.74) is 0. The highest BCUT2D eigenvalue weighted by Gasteiger charge is 2.19. The molecule has 1 fully saturated rings. The van der Waals surface area contributed by atoms with E-state index in [4.69, 9.17) is 0 Å². The van der Waals surface area contributed by atoms with Gasteiger partial charge in [0.2, 0.25) is 0 Å². The summed E-state index contributed by atoms with van der Waals surface area (Å²) in [6.45, 7) is 1.09. The number of hydrogen-bond donors (Lipinski definition) is 2. The summed E-state index contributed by atoms with van der Waals surface area (Å²) in [6, 6.07) is -0.170. The van der Waals surface area contributed by atoms with Gasteiger partial charge in [0, 0.05) is 19.0 Å². The van der Waals surface area contributed by atoms with Crippen molar-refractivity contribution < 1.29 is 14.3 Å². The van der Waals surface area contributed by atoms with Crippen molar-refractivity contribution in [3.63, 3.8) is 0 Å². The molecule has 0 bridgehead atoms. The van der Waals surface area contributed by atoms with E-state index < -0.39 is 0 Å². The van der Waals surface area contributed by atoms with Gasteiger partial charge in [-0.1, -0.05) is 0 Å². The van der Waals surface area contributed by atoms with Crippen molar-refractivity contribution in [2.24, 2.45) is 5.92 Å². The van der Waals surface area contributed by atoms with Gasteiger partial charge in [-0.25, -0.2) is 4.79 Å². The van der Waals surface area contributed by atoms with Crippen LogP contribution in [0.3, 0.4) is 0 Å². The van der Waals surface area contributed by atoms with Crippen LogP contribution in [0.5, 0.6) is 0 Å². The number of rotatable bonds is 2. The Hall–Kier alpha value is -1.26. The maximum absolute atomic E-state index is 10.8. The zero-order chi connectivity index (χ0) is 8.97. The van der Waals surface area contributed by atoms with E-state index in [2.05, 4.69) is 15.4 Å². The molecule has 5 nitrogen and oxygen atoms in total. The van der Waals surface area contributed by atoms with E-state index in [1.807, 2.05) is 0 Å². The lowest BCUT2D eigenvalue weighted by Gasteiger charge is -2.22. The highest BCUT2D eigenvalue weighted by molar-refractivity contribution is 5.75. The summed E-state index contributed by atoms with van der Waals surface area (Å²) in [6.07, 6.45) is 0.351. The Morgan fingerprint density at radius 1 is 1.58 bits per heavy atom. The lowest BCUT2D eigenvalue weighted by atomic mass is 10.0. The highest BCUT2D eigenvalue weighted by Crippen LogP contribution is 2.04. The quantitative estimate of drug-likeness (QED) is 0.551. The summed E-state index contributed by atoms with van der Waals surface area (Å²) < 4.78 is 4.50. The van der Waals surface area contributed by atoms with Crippen LogP contribution in [0, 0.1) is 5.92 Å². The molecule has 5 heteroatoms. The third kappa shape index (κ3) is 2.41. The van der Waals surface area contributed by atoms with Gasteiger partial charge in [0.25, 0.3) is 0 Å². The number of urea groups is 1. The molecule has 1 saturated heterocycles. The van der Waals surface area contributed by atoms with Crippen LogP contribution in [0.2, 0.25) is 0 Å². The number of carbonyl (C=O) groups is 2. The number of ether oxygens (including phenoxy) is 1. The Balaban J connectivity index is 2.26. The first-order valence-corrected chi connectivity index (χ1v) is 3.81. The third-order valence-electron chi connectivity index (χ3n) is 1.79. The van der Waals surface area contributed by atoms with Crippen molar-refractivity contribution in [2.45, 2.75) is 6.42 Å². The first kappa shape index (κ1) is 8.83. The lowest BCUT2D eigenvalue weighted by molar-refractivity contribution is -0.141. The molecule has 0 aliphatic carbocycles. The maximum Gasteiger partial charge on any atom is 0.314 e. The number of nitrogens with one attached hydrogen (secondary N) is 2. The maximum atomic E-state index is 10.8. The minimum atomic E-state index is -0.238. The zero-order valence-electron chi connectivity index (χ0n) is 6.92. The molecule has 0 aromatic carbocycles. The van der Waals surface area contributed by atoms with Gasteiger partial charge in [-0.3, -0.25) is 4.79 Å². The second-order valence-electron chi connectivity index (χ2n) is 2.74. The predicted molar refractivity (Wildman–Crippen MR) is 41.5 cm³/mol. The van der Waals surface area contributed by atoms with Gasteiger partial charge >= 0.3 is 12.0 Å². The van der Waals surface area contributed by atoms with Crippen molar-refractivity contribution in [2.75, 3.05) is 20.2 Å². The van der Waals surface area contributed by atoms with Gasteiger partial charge in [0.05, 0.1) is 13.5 Å². The van der Waals surface area contributed by atoms with Crippen molar-refractivity contribution in [1.82, 2.24) is 10.6 Å². The monoisotopic (exact) mass is 172 g/mol. The fourth-order valence-corrected chi connectivity index (χ4v) is 1.07. The Bertz CT molecular complexity index is 183. The van der Waals surface area contributed by atoms with Crippen LogP contribution < -0.4 is 10.6 Å². The molecule has 2 amide bonds. The molecule has 0 saturated carbocycles. The topological polar surface area (TPSA) is 67.4 Å². The van der Waals surface area contributed by atoms with Gasteiger partial charge < -0.3 is 15.4 Å². The lowest BCUT2D eigenvalue weighted by Crippen LogP contribution is -2.48.